The van der Waals surface area contributed by atoms with Crippen molar-refractivity contribution in [1.82, 2.24) is 0 Å². The summed E-state index contributed by atoms with van der Waals surface area (Å²) in [7, 11) is 0. The first-order chi connectivity index (χ1) is 5.93. The van der Waals surface area contributed by atoms with Gasteiger partial charge in [0.1, 0.15) is 0 Å². The molecule has 0 atom stereocenters. The Morgan fingerprint density at radius 3 is 2.08 bits per heavy atom. The second-order valence-electron chi connectivity index (χ2n) is 4.51. The van der Waals surface area contributed by atoms with E-state index in [0.717, 1.165) is 18.4 Å². The third-order valence-corrected chi connectivity index (χ3v) is 3.13. The first-order valence-corrected chi connectivity index (χ1v) is 4.98. The lowest BCUT2D eigenvalue weighted by Crippen LogP contribution is -2.22. The number of aliphatic hydroxyl groups is 1. The van der Waals surface area contributed by atoms with Crippen molar-refractivity contribution in [2.75, 3.05) is 0 Å². The predicted octanol–water partition coefficient (Wildman–Crippen LogP) is 3.06. The van der Waals surface area contributed by atoms with E-state index in [0.29, 0.717) is 5.92 Å². The van der Waals surface area contributed by atoms with E-state index in [9.17, 15) is 5.11 Å². The highest BCUT2D eigenvalue weighted by molar-refractivity contribution is 5.23. The smallest absolute Gasteiger partial charge is 0.0800 e. The Hall–Kier alpha value is -0.560. The van der Waals surface area contributed by atoms with Crippen molar-refractivity contribution < 1.29 is 5.11 Å². The van der Waals surface area contributed by atoms with E-state index in [4.69, 9.17) is 0 Å². The lowest BCUT2D eigenvalue weighted by molar-refractivity contribution is 0.118. The molecule has 1 nitrogen and oxygen atoms in total. The molecule has 1 N–H and O–H groups in total. The Bertz CT molecular complexity index is 232. The topological polar surface area (TPSA) is 20.2 Å². The third-order valence-electron chi connectivity index (χ3n) is 3.13. The molecule has 0 aliphatic heterocycles. The first-order valence-electron chi connectivity index (χ1n) is 4.98. The Morgan fingerprint density at radius 2 is 1.69 bits per heavy atom. The molecule has 0 aromatic rings. The molecule has 0 spiro atoms. The van der Waals surface area contributed by atoms with Gasteiger partial charge in [-0.2, -0.15) is 0 Å². The van der Waals surface area contributed by atoms with Gasteiger partial charge in [-0.05, 0) is 52.0 Å². The predicted molar refractivity (Wildman–Crippen MR) is 56.5 cm³/mol. The van der Waals surface area contributed by atoms with Gasteiger partial charge < -0.3 is 5.11 Å². The highest BCUT2D eigenvalue weighted by Crippen LogP contribution is 2.31. The maximum absolute atomic E-state index is 9.84. The van der Waals surface area contributed by atoms with E-state index in [1.807, 2.05) is 20.8 Å². The summed E-state index contributed by atoms with van der Waals surface area (Å²) in [5.74, 6) is 0.631. The van der Waals surface area contributed by atoms with Gasteiger partial charge in [0.25, 0.3) is 0 Å². The fraction of sp³-hybridized carbons (Fsp3) is 0.667. The van der Waals surface area contributed by atoms with Gasteiger partial charge in [0.2, 0.25) is 0 Å². The normalized spacial score (nSPS) is 20.7. The average molecular weight is 180 g/mol. The third kappa shape index (κ3) is 2.44. The summed E-state index contributed by atoms with van der Waals surface area (Å²) in [6.07, 6.45) is 6.73. The fourth-order valence-electron chi connectivity index (χ4n) is 1.76. The second kappa shape index (κ2) is 3.67. The first kappa shape index (κ1) is 10.5. The molecule has 0 fully saturated rings. The Balaban J connectivity index is 2.79. The van der Waals surface area contributed by atoms with Crippen LogP contribution in [-0.4, -0.2) is 10.7 Å². The molecular formula is C12H20O. The molecule has 1 rings (SSSR count). The SMILES string of the molecule is C/C(=C(\C)C(C)(C)O)C1CC=CC1. The second-order valence-corrected chi connectivity index (χ2v) is 4.51. The van der Waals surface area contributed by atoms with Crippen LogP contribution in [0, 0.1) is 5.92 Å². The largest absolute Gasteiger partial charge is 0.386 e. The molecule has 0 bridgehead atoms. The van der Waals surface area contributed by atoms with Crippen LogP contribution in [0.2, 0.25) is 0 Å². The molecule has 1 aliphatic rings. The molecule has 0 amide bonds. The van der Waals surface area contributed by atoms with Gasteiger partial charge in [-0.1, -0.05) is 17.7 Å². The zero-order valence-electron chi connectivity index (χ0n) is 9.09. The molecular weight excluding hydrogens is 160 g/mol. The maximum Gasteiger partial charge on any atom is 0.0800 e. The van der Waals surface area contributed by atoms with Crippen molar-refractivity contribution in [3.8, 4) is 0 Å². The van der Waals surface area contributed by atoms with Gasteiger partial charge in [0.15, 0.2) is 0 Å². The van der Waals surface area contributed by atoms with Crippen LogP contribution < -0.4 is 0 Å². The number of allylic oxidation sites excluding steroid dienone is 3. The van der Waals surface area contributed by atoms with Crippen LogP contribution in [0.4, 0.5) is 0 Å². The summed E-state index contributed by atoms with van der Waals surface area (Å²) in [5, 5.41) is 9.84. The highest BCUT2D eigenvalue weighted by Gasteiger charge is 2.21. The van der Waals surface area contributed by atoms with Crippen LogP contribution in [0.25, 0.3) is 0 Å². The summed E-state index contributed by atoms with van der Waals surface area (Å²) >= 11 is 0. The van der Waals surface area contributed by atoms with Crippen LogP contribution >= 0.6 is 0 Å². The quantitative estimate of drug-likeness (QED) is 0.647. The fourth-order valence-corrected chi connectivity index (χ4v) is 1.76. The van der Waals surface area contributed by atoms with Crippen molar-refractivity contribution >= 4 is 0 Å². The van der Waals surface area contributed by atoms with E-state index in [2.05, 4.69) is 19.1 Å². The molecule has 0 aromatic carbocycles. The average Bonchev–Trinajstić information content (AvgIpc) is 2.51. The molecule has 0 unspecified atom stereocenters. The van der Waals surface area contributed by atoms with Crippen molar-refractivity contribution in [2.45, 2.75) is 46.1 Å². The van der Waals surface area contributed by atoms with Gasteiger partial charge in [-0.25, -0.2) is 0 Å². The Morgan fingerprint density at radius 1 is 1.23 bits per heavy atom. The molecule has 1 aliphatic carbocycles. The van der Waals surface area contributed by atoms with Crippen LogP contribution in [0.3, 0.4) is 0 Å². The van der Waals surface area contributed by atoms with Crippen LogP contribution in [-0.2, 0) is 0 Å². The molecule has 1 heteroatoms. The summed E-state index contributed by atoms with van der Waals surface area (Å²) in [4.78, 5) is 0. The molecule has 0 saturated heterocycles. The van der Waals surface area contributed by atoms with Crippen molar-refractivity contribution in [1.29, 1.82) is 0 Å². The Labute approximate surface area is 81.2 Å². The van der Waals surface area contributed by atoms with Crippen molar-refractivity contribution in [2.24, 2.45) is 5.92 Å². The monoisotopic (exact) mass is 180 g/mol. The van der Waals surface area contributed by atoms with Crippen molar-refractivity contribution in [3.05, 3.63) is 23.3 Å². The molecule has 0 heterocycles. The number of hydrogen-bond acceptors (Lipinski definition) is 1. The lowest BCUT2D eigenvalue weighted by Gasteiger charge is -2.24. The minimum atomic E-state index is -0.660. The van der Waals surface area contributed by atoms with Crippen molar-refractivity contribution in [3.63, 3.8) is 0 Å². The Kier molecular flexibility index (Phi) is 2.97. The number of rotatable bonds is 2. The lowest BCUT2D eigenvalue weighted by atomic mass is 9.87. The van der Waals surface area contributed by atoms with Gasteiger partial charge in [0.05, 0.1) is 5.60 Å². The van der Waals surface area contributed by atoms with Gasteiger partial charge in [0, 0.05) is 0 Å². The van der Waals surface area contributed by atoms with Crippen LogP contribution in [0.5, 0.6) is 0 Å². The zero-order valence-corrected chi connectivity index (χ0v) is 9.09. The molecule has 0 saturated carbocycles. The summed E-state index contributed by atoms with van der Waals surface area (Å²) < 4.78 is 0. The molecule has 0 radical (unpaired) electrons. The molecule has 0 aromatic heterocycles. The van der Waals surface area contributed by atoms with Gasteiger partial charge in [-0.15, -0.1) is 0 Å². The van der Waals surface area contributed by atoms with E-state index in [1.54, 1.807) is 0 Å². The van der Waals surface area contributed by atoms with Crippen LogP contribution in [0.15, 0.2) is 23.3 Å². The molecule has 74 valence electrons. The number of hydrogen-bond donors (Lipinski definition) is 1. The van der Waals surface area contributed by atoms with Gasteiger partial charge >= 0.3 is 0 Å². The summed E-state index contributed by atoms with van der Waals surface area (Å²) in [6.45, 7) is 7.89. The maximum atomic E-state index is 9.84. The minimum absolute atomic E-state index is 0.631. The zero-order chi connectivity index (χ0) is 10.1. The van der Waals surface area contributed by atoms with E-state index in [1.165, 1.54) is 5.57 Å². The van der Waals surface area contributed by atoms with Crippen LogP contribution in [0.1, 0.15) is 40.5 Å². The summed E-state index contributed by atoms with van der Waals surface area (Å²) in [6, 6.07) is 0. The standard InChI is InChI=1S/C12H20O/c1-9(10(2)12(3,4)13)11-7-5-6-8-11/h5-6,11,13H,7-8H2,1-4H3/b10-9-. The van der Waals surface area contributed by atoms with Gasteiger partial charge in [-0.3, -0.25) is 0 Å². The van der Waals surface area contributed by atoms with E-state index < -0.39 is 5.60 Å². The van der Waals surface area contributed by atoms with E-state index in [-0.39, 0.29) is 0 Å². The van der Waals surface area contributed by atoms with E-state index >= 15 is 0 Å². The highest BCUT2D eigenvalue weighted by atomic mass is 16.3. The minimum Gasteiger partial charge on any atom is -0.386 e. The molecule has 13 heavy (non-hydrogen) atoms. The summed E-state index contributed by atoms with van der Waals surface area (Å²) in [5.41, 5.74) is 1.82.